The van der Waals surface area contributed by atoms with E-state index in [0.29, 0.717) is 0 Å². The molecule has 48 heteroatoms. The summed E-state index contributed by atoms with van der Waals surface area (Å²) >= 11 is 0. The molecule has 4 atom stereocenters. The molecule has 2 aliphatic heterocycles. The van der Waals surface area contributed by atoms with Crippen molar-refractivity contribution in [2.24, 2.45) is 35.5 Å². The molecule has 0 aromatic heterocycles. The highest BCUT2D eigenvalue weighted by Gasteiger charge is 2.98. The average Bonchev–Trinajstić information content (AvgIpc) is 3.63. The lowest BCUT2D eigenvalue weighted by molar-refractivity contribution is -0.458. The summed E-state index contributed by atoms with van der Waals surface area (Å²) in [6.45, 7) is 0. The van der Waals surface area contributed by atoms with E-state index >= 15 is 0 Å². The lowest BCUT2D eigenvalue weighted by Crippen LogP contribution is -2.75. The summed E-state index contributed by atoms with van der Waals surface area (Å²) in [5, 5.41) is -21.0. The molecule has 4 unspecified atom stereocenters. The van der Waals surface area contributed by atoms with E-state index in [2.05, 4.69) is 8.57 Å². The van der Waals surface area contributed by atoms with Crippen LogP contribution in [0.2, 0.25) is 0 Å². The zero-order valence-corrected chi connectivity index (χ0v) is 34.9. The summed E-state index contributed by atoms with van der Waals surface area (Å²) in [6, 6.07) is 0. The predicted molar refractivity (Wildman–Crippen MR) is 155 cm³/mol. The number of alkyl halides is 34. The molecule has 0 aromatic rings. The first-order valence-electron chi connectivity index (χ1n) is 17.6. The fourth-order valence-corrected chi connectivity index (χ4v) is 8.98. The molecule has 0 N–H and O–H groups in total. The summed E-state index contributed by atoms with van der Waals surface area (Å²) in [4.78, 5) is 52.4. The molecule has 3 fully saturated rings. The van der Waals surface area contributed by atoms with E-state index in [0.717, 1.165) is 0 Å². The highest BCUT2D eigenvalue weighted by molar-refractivity contribution is 7.88. The molecular weight excluding hydrogens is 1230 g/mol. The topological polar surface area (TPSA) is 161 Å². The van der Waals surface area contributed by atoms with Crippen molar-refractivity contribution in [2.75, 3.05) is 0 Å². The Labute approximate surface area is 389 Å². The molecule has 5 rings (SSSR count). The number of imide groups is 2. The number of amides is 4. The number of carbonyl (C=O) groups is 4. The van der Waals surface area contributed by atoms with Gasteiger partial charge < -0.3 is 0 Å². The van der Waals surface area contributed by atoms with Gasteiger partial charge in [0.15, 0.2) is 0 Å². The normalized spacial score (nSPS) is 25.0. The average molecular weight is 1240 g/mol. The molecule has 0 spiro atoms. The summed E-state index contributed by atoms with van der Waals surface area (Å²) in [5.74, 6) is -139. The van der Waals surface area contributed by atoms with Gasteiger partial charge in [-0.1, -0.05) is 12.2 Å². The Morgan fingerprint density at radius 2 is 0.447 bits per heavy atom. The van der Waals surface area contributed by atoms with Gasteiger partial charge in [-0.25, -0.2) is 0 Å². The van der Waals surface area contributed by atoms with Crippen LogP contribution in [0.3, 0.4) is 0 Å². The fraction of sp³-hybridized carbons (Fsp3) is 0.786. The first-order valence-corrected chi connectivity index (χ1v) is 20.4. The third-order valence-corrected chi connectivity index (χ3v) is 13.7. The van der Waals surface area contributed by atoms with Crippen molar-refractivity contribution in [3.63, 3.8) is 0 Å². The largest absolute Gasteiger partial charge is 0.460 e. The molecule has 440 valence electrons. The fourth-order valence-electron chi connectivity index (χ4n) is 7.22. The van der Waals surface area contributed by atoms with Crippen LogP contribution in [0.15, 0.2) is 12.2 Å². The Morgan fingerprint density at radius 3 is 0.618 bits per heavy atom. The van der Waals surface area contributed by atoms with Crippen LogP contribution in [0.25, 0.3) is 0 Å². The zero-order valence-electron chi connectivity index (χ0n) is 33.3. The van der Waals surface area contributed by atoms with Crippen molar-refractivity contribution in [3.8, 4) is 0 Å². The van der Waals surface area contributed by atoms with E-state index in [9.17, 15) is 185 Å². The SMILES string of the molecule is O=C1C2C3C=CC(C2C(=O)N1OS(=O)(=O)C(F)(F)C(F)(F)C(F)(F)C(F)(F)C(F)(F)C(F)(F)C(F)(F)C(F)(F)F)C1C(=O)N(OS(=O)(=O)C(F)(F)C(F)(F)C(F)(F)C(F)(F)C(F)(F)C(F)(F)C(F)(F)C(F)(F)F)C(=O)C31. The number of hydrogen-bond donors (Lipinski definition) is 0. The van der Waals surface area contributed by atoms with Crippen LogP contribution in [-0.2, 0) is 48.0 Å². The molecule has 5 aliphatic rings. The van der Waals surface area contributed by atoms with Crippen LogP contribution in [0.4, 0.5) is 149 Å². The first kappa shape index (κ1) is 64.0. The highest BCUT2D eigenvalue weighted by Crippen LogP contribution is 2.67. The molecule has 0 aromatic carbocycles. The molecule has 4 amide bonds. The van der Waals surface area contributed by atoms with E-state index in [1.54, 1.807) is 0 Å². The second-order valence-electron chi connectivity index (χ2n) is 15.6. The molecule has 2 bridgehead atoms. The molecule has 12 nitrogen and oxygen atoms in total. The Balaban J connectivity index is 1.68. The number of carbonyl (C=O) groups excluding carboxylic acids is 4. The van der Waals surface area contributed by atoms with Gasteiger partial charge in [-0.3, -0.25) is 19.2 Å². The summed E-state index contributed by atoms with van der Waals surface area (Å²) in [6.07, 6.45) is -16.0. The van der Waals surface area contributed by atoms with Gasteiger partial charge in [-0.2, -0.15) is 166 Å². The molecular formula is C28H8F34N2O10S2. The molecule has 0 radical (unpaired) electrons. The summed E-state index contributed by atoms with van der Waals surface area (Å²) in [5.41, 5.74) is 0. The van der Waals surface area contributed by atoms with Crippen molar-refractivity contribution in [2.45, 2.75) is 93.9 Å². The van der Waals surface area contributed by atoms with Crippen LogP contribution in [0.5, 0.6) is 0 Å². The van der Waals surface area contributed by atoms with Crippen molar-refractivity contribution in [1.29, 1.82) is 0 Å². The lowest BCUT2D eigenvalue weighted by Gasteiger charge is -2.44. The molecule has 2 saturated heterocycles. The van der Waals surface area contributed by atoms with Gasteiger partial charge in [-0.05, 0) is 0 Å². The van der Waals surface area contributed by atoms with Gasteiger partial charge in [-0.15, -0.1) is 18.7 Å². The number of rotatable bonds is 18. The first-order chi connectivity index (χ1) is 32.8. The number of hydrogen-bond acceptors (Lipinski definition) is 10. The van der Waals surface area contributed by atoms with Crippen molar-refractivity contribution < 1.29 is 194 Å². The predicted octanol–water partition coefficient (Wildman–Crippen LogP) is 8.46. The Kier molecular flexibility index (Phi) is 13.9. The number of nitrogens with zero attached hydrogens (tertiary/aromatic N) is 2. The highest BCUT2D eigenvalue weighted by atomic mass is 32.2. The maximum absolute atomic E-state index is 14.7. The minimum absolute atomic E-state index is 0.201. The summed E-state index contributed by atoms with van der Waals surface area (Å²) < 4.78 is 521. The zero-order chi connectivity index (χ0) is 60.8. The van der Waals surface area contributed by atoms with E-state index in [1.807, 2.05) is 0 Å². The molecule has 3 aliphatic carbocycles. The summed E-state index contributed by atoms with van der Waals surface area (Å²) in [7, 11) is -17.7. The second kappa shape index (κ2) is 16.5. The standard InChI is InChI=1S/C28H8F34N2O10S2/c29-13(30,17(37,38)21(45,46)25(53,54)55)15(33,34)19(41,42)23(49,50)27(59,60)75(69,70)73-63-9(65)5-3-1-2-4(7(5)11(63)67)8-6(3)10(66)64(12(8)68)74-76(71,72)28(61,62)24(51,52)20(43,44)16(35,36)14(31,32)18(39,40)22(47,48)26(56,57)58/h1-8H. The van der Waals surface area contributed by atoms with Crippen molar-refractivity contribution in [1.82, 2.24) is 10.1 Å². The van der Waals surface area contributed by atoms with Crippen LogP contribution in [-0.4, -0.2) is 145 Å². The van der Waals surface area contributed by atoms with Crippen LogP contribution >= 0.6 is 0 Å². The van der Waals surface area contributed by atoms with Crippen molar-refractivity contribution >= 4 is 43.9 Å². The molecule has 2 heterocycles. The third kappa shape index (κ3) is 7.35. The second-order valence-corrected chi connectivity index (χ2v) is 18.7. The van der Waals surface area contributed by atoms with Gasteiger partial charge in [0.25, 0.3) is 23.6 Å². The van der Waals surface area contributed by atoms with Crippen molar-refractivity contribution in [3.05, 3.63) is 12.2 Å². The van der Waals surface area contributed by atoms with Gasteiger partial charge in [0.2, 0.25) is 0 Å². The van der Waals surface area contributed by atoms with E-state index in [1.165, 1.54) is 0 Å². The smallest absolute Gasteiger partial charge is 0.272 e. The van der Waals surface area contributed by atoms with E-state index in [4.69, 9.17) is 0 Å². The van der Waals surface area contributed by atoms with Gasteiger partial charge in [0, 0.05) is 11.8 Å². The van der Waals surface area contributed by atoms with Gasteiger partial charge in [0.1, 0.15) is 0 Å². The Morgan fingerprint density at radius 1 is 0.289 bits per heavy atom. The Bertz CT molecular complexity index is 2470. The van der Waals surface area contributed by atoms with Gasteiger partial charge >= 0.3 is 114 Å². The quantitative estimate of drug-likeness (QED) is 0.0740. The number of allylic oxidation sites excluding steroid dienone is 2. The molecule has 1 saturated carbocycles. The minimum Gasteiger partial charge on any atom is -0.272 e. The number of halogens is 34. The monoisotopic (exact) mass is 1240 g/mol. The Hall–Kier alpha value is -4.54. The van der Waals surface area contributed by atoms with E-state index in [-0.39, 0.29) is 12.2 Å². The van der Waals surface area contributed by atoms with Crippen LogP contribution in [0.1, 0.15) is 0 Å². The lowest BCUT2D eigenvalue weighted by atomic mass is 9.54. The molecule has 76 heavy (non-hydrogen) atoms. The van der Waals surface area contributed by atoms with E-state index < -0.39 is 183 Å². The minimum atomic E-state index is -9.42. The maximum Gasteiger partial charge on any atom is 0.460 e. The third-order valence-electron chi connectivity index (χ3n) is 11.3. The maximum atomic E-state index is 14.7. The number of hydroxylamine groups is 4. The van der Waals surface area contributed by atoms with Crippen LogP contribution < -0.4 is 0 Å². The van der Waals surface area contributed by atoms with Crippen LogP contribution in [0, 0.1) is 35.5 Å². The van der Waals surface area contributed by atoms with Gasteiger partial charge in [0.05, 0.1) is 23.7 Å².